The highest BCUT2D eigenvalue weighted by Gasteiger charge is 2.13. The summed E-state index contributed by atoms with van der Waals surface area (Å²) in [6.45, 7) is 3.78. The third kappa shape index (κ3) is 3.81. The van der Waals surface area contributed by atoms with Crippen molar-refractivity contribution in [3.63, 3.8) is 0 Å². The van der Waals surface area contributed by atoms with Gasteiger partial charge in [-0.3, -0.25) is 4.99 Å². The Morgan fingerprint density at radius 2 is 2.11 bits per heavy atom. The van der Waals surface area contributed by atoms with E-state index in [9.17, 15) is 0 Å². The van der Waals surface area contributed by atoms with E-state index in [0.29, 0.717) is 6.54 Å². The van der Waals surface area contributed by atoms with Gasteiger partial charge in [0.1, 0.15) is 5.65 Å². The first-order chi connectivity index (χ1) is 13.2. The Hall–Kier alpha value is -3.22. The molecule has 2 aromatic heterocycles. The summed E-state index contributed by atoms with van der Waals surface area (Å²) in [5.74, 6) is 2.34. The molecule has 7 heteroatoms. The maximum atomic E-state index is 5.41. The molecule has 0 amide bonds. The van der Waals surface area contributed by atoms with Crippen molar-refractivity contribution in [2.24, 2.45) is 4.99 Å². The second-order valence-corrected chi connectivity index (χ2v) is 6.44. The van der Waals surface area contributed by atoms with Crippen LogP contribution in [-0.4, -0.2) is 35.7 Å². The molecule has 0 saturated heterocycles. The average Bonchev–Trinajstić information content (AvgIpc) is 3.31. The lowest BCUT2D eigenvalue weighted by Gasteiger charge is -2.11. The normalized spacial score (nSPS) is 13.2. The van der Waals surface area contributed by atoms with Crippen molar-refractivity contribution in [2.75, 3.05) is 20.4 Å². The van der Waals surface area contributed by atoms with E-state index < -0.39 is 0 Å². The van der Waals surface area contributed by atoms with E-state index in [4.69, 9.17) is 14.5 Å². The molecule has 0 spiro atoms. The number of rotatable bonds is 5. The molecule has 27 heavy (non-hydrogen) atoms. The van der Waals surface area contributed by atoms with E-state index >= 15 is 0 Å². The minimum atomic E-state index is 0.290. The van der Waals surface area contributed by atoms with Gasteiger partial charge in [-0.25, -0.2) is 4.98 Å². The summed E-state index contributed by atoms with van der Waals surface area (Å²) in [5, 5.41) is 6.65. The van der Waals surface area contributed by atoms with Gasteiger partial charge in [-0.1, -0.05) is 12.1 Å². The molecule has 3 aromatic rings. The second-order valence-electron chi connectivity index (χ2n) is 6.44. The number of guanidine groups is 1. The Balaban J connectivity index is 1.29. The number of pyridine rings is 1. The van der Waals surface area contributed by atoms with Crippen LogP contribution in [0.1, 0.15) is 16.8 Å². The van der Waals surface area contributed by atoms with Gasteiger partial charge in [0, 0.05) is 39.0 Å². The number of aryl methyl sites for hydroxylation is 1. The fourth-order valence-electron chi connectivity index (χ4n) is 3.09. The summed E-state index contributed by atoms with van der Waals surface area (Å²) in [7, 11) is 1.77. The van der Waals surface area contributed by atoms with Gasteiger partial charge in [0.2, 0.25) is 6.79 Å². The predicted molar refractivity (Wildman–Crippen MR) is 104 cm³/mol. The smallest absolute Gasteiger partial charge is 0.231 e. The minimum absolute atomic E-state index is 0.290. The summed E-state index contributed by atoms with van der Waals surface area (Å²) < 4.78 is 12.8. The van der Waals surface area contributed by atoms with Gasteiger partial charge in [-0.2, -0.15) is 0 Å². The van der Waals surface area contributed by atoms with Crippen molar-refractivity contribution in [3.8, 4) is 11.5 Å². The average molecular weight is 365 g/mol. The number of imidazole rings is 1. The third-order valence-corrected chi connectivity index (χ3v) is 4.52. The Labute approximate surface area is 158 Å². The summed E-state index contributed by atoms with van der Waals surface area (Å²) in [4.78, 5) is 8.98. The maximum absolute atomic E-state index is 5.41. The van der Waals surface area contributed by atoms with Crippen LogP contribution in [0.15, 0.2) is 47.7 Å². The fraction of sp³-hybridized carbons (Fsp3) is 0.300. The molecule has 0 saturated carbocycles. The van der Waals surface area contributed by atoms with Gasteiger partial charge >= 0.3 is 0 Å². The minimum Gasteiger partial charge on any atom is -0.454 e. The number of nitrogens with zero attached hydrogens (tertiary/aromatic N) is 3. The largest absolute Gasteiger partial charge is 0.454 e. The quantitative estimate of drug-likeness (QED) is 0.536. The zero-order chi connectivity index (χ0) is 18.6. The van der Waals surface area contributed by atoms with E-state index in [1.165, 1.54) is 5.56 Å². The lowest BCUT2D eigenvalue weighted by atomic mass is 10.2. The highest BCUT2D eigenvalue weighted by molar-refractivity contribution is 5.79. The number of nitrogens with one attached hydrogen (secondary N) is 2. The number of aliphatic imine (C=N–C) groups is 1. The summed E-state index contributed by atoms with van der Waals surface area (Å²) >= 11 is 0. The summed E-state index contributed by atoms with van der Waals surface area (Å²) in [6, 6.07) is 10.1. The standard InChI is InChI=1S/C20H23N5O2/c1-14-4-3-9-25-12-16(24-19(14)25)7-8-22-20(21-2)23-11-15-5-6-17-18(10-15)27-13-26-17/h3-6,9-10,12H,7-8,11,13H2,1-2H3,(H2,21,22,23). The van der Waals surface area contributed by atoms with Gasteiger partial charge in [-0.05, 0) is 36.2 Å². The molecular formula is C20H23N5O2. The highest BCUT2D eigenvalue weighted by atomic mass is 16.7. The molecule has 3 heterocycles. The molecule has 1 aromatic carbocycles. The highest BCUT2D eigenvalue weighted by Crippen LogP contribution is 2.32. The zero-order valence-electron chi connectivity index (χ0n) is 15.5. The molecule has 1 aliphatic rings. The lowest BCUT2D eigenvalue weighted by Crippen LogP contribution is -2.37. The van der Waals surface area contributed by atoms with Crippen molar-refractivity contribution < 1.29 is 9.47 Å². The van der Waals surface area contributed by atoms with Gasteiger partial charge in [-0.15, -0.1) is 0 Å². The Bertz CT molecular complexity index is 980. The number of aromatic nitrogens is 2. The summed E-state index contributed by atoms with van der Waals surface area (Å²) in [6.07, 6.45) is 4.93. The number of benzene rings is 1. The SMILES string of the molecule is CN=C(NCCc1cn2cccc(C)c2n1)NCc1ccc2c(c1)OCO2. The fourth-order valence-corrected chi connectivity index (χ4v) is 3.09. The van der Waals surface area contributed by atoms with Crippen LogP contribution in [0.4, 0.5) is 0 Å². The number of ether oxygens (including phenoxy) is 2. The molecule has 0 unspecified atom stereocenters. The first kappa shape index (κ1) is 17.2. The Morgan fingerprint density at radius 1 is 1.22 bits per heavy atom. The molecule has 140 valence electrons. The van der Waals surface area contributed by atoms with E-state index in [1.54, 1.807) is 7.05 Å². The van der Waals surface area contributed by atoms with Gasteiger partial charge < -0.3 is 24.5 Å². The molecule has 0 bridgehead atoms. The molecule has 0 radical (unpaired) electrons. The summed E-state index contributed by atoms with van der Waals surface area (Å²) in [5.41, 5.74) is 4.36. The van der Waals surface area contributed by atoms with Gasteiger partial charge in [0.15, 0.2) is 17.5 Å². The maximum Gasteiger partial charge on any atom is 0.231 e. The van der Waals surface area contributed by atoms with Gasteiger partial charge in [0.05, 0.1) is 5.69 Å². The van der Waals surface area contributed by atoms with Gasteiger partial charge in [0.25, 0.3) is 0 Å². The van der Waals surface area contributed by atoms with Crippen molar-refractivity contribution >= 4 is 11.6 Å². The number of hydrogen-bond acceptors (Lipinski definition) is 4. The monoisotopic (exact) mass is 365 g/mol. The van der Waals surface area contributed by atoms with Crippen LogP contribution in [0.3, 0.4) is 0 Å². The van der Waals surface area contributed by atoms with E-state index in [-0.39, 0.29) is 6.79 Å². The topological polar surface area (TPSA) is 72.2 Å². The van der Waals surface area contributed by atoms with E-state index in [1.807, 2.05) is 30.5 Å². The lowest BCUT2D eigenvalue weighted by molar-refractivity contribution is 0.174. The predicted octanol–water partition coefficient (Wildman–Crippen LogP) is 2.28. The van der Waals surface area contributed by atoms with Crippen molar-refractivity contribution in [2.45, 2.75) is 19.9 Å². The van der Waals surface area contributed by atoms with Crippen molar-refractivity contribution in [3.05, 3.63) is 59.5 Å². The van der Waals surface area contributed by atoms with Crippen LogP contribution < -0.4 is 20.1 Å². The first-order valence-electron chi connectivity index (χ1n) is 8.99. The Kier molecular flexibility index (Phi) is 4.82. The third-order valence-electron chi connectivity index (χ3n) is 4.52. The van der Waals surface area contributed by atoms with Crippen LogP contribution >= 0.6 is 0 Å². The van der Waals surface area contributed by atoms with Crippen molar-refractivity contribution in [1.82, 2.24) is 20.0 Å². The Morgan fingerprint density at radius 3 is 2.96 bits per heavy atom. The van der Waals surface area contributed by atoms with Crippen LogP contribution in [0, 0.1) is 6.92 Å². The second kappa shape index (κ2) is 7.57. The van der Waals surface area contributed by atoms with E-state index in [2.05, 4.69) is 39.2 Å². The molecular weight excluding hydrogens is 342 g/mol. The number of fused-ring (bicyclic) bond motifs is 2. The van der Waals surface area contributed by atoms with Crippen LogP contribution in [-0.2, 0) is 13.0 Å². The molecule has 2 N–H and O–H groups in total. The molecule has 4 rings (SSSR count). The molecule has 0 fully saturated rings. The van der Waals surface area contributed by atoms with Crippen molar-refractivity contribution in [1.29, 1.82) is 0 Å². The van der Waals surface area contributed by atoms with Crippen LogP contribution in [0.2, 0.25) is 0 Å². The molecule has 0 aliphatic carbocycles. The van der Waals surface area contributed by atoms with Crippen LogP contribution in [0.5, 0.6) is 11.5 Å². The first-order valence-corrected chi connectivity index (χ1v) is 8.99. The van der Waals surface area contributed by atoms with E-state index in [0.717, 1.165) is 47.3 Å². The van der Waals surface area contributed by atoms with Crippen LogP contribution in [0.25, 0.3) is 5.65 Å². The molecule has 0 atom stereocenters. The molecule has 7 nitrogen and oxygen atoms in total. The molecule has 1 aliphatic heterocycles. The number of hydrogen-bond donors (Lipinski definition) is 2. The zero-order valence-corrected chi connectivity index (χ0v) is 15.5.